The molecule has 1 aliphatic rings. The Morgan fingerprint density at radius 3 is 2.83 bits per heavy atom. The second kappa shape index (κ2) is 9.12. The molecule has 3 rings (SSSR count). The number of unbranched alkanes of at least 4 members (excludes halogenated alkanes) is 1. The van der Waals surface area contributed by atoms with E-state index in [0.29, 0.717) is 24.2 Å². The van der Waals surface area contributed by atoms with E-state index in [0.717, 1.165) is 12.8 Å². The number of carbonyl (C=O) groups is 1. The van der Waals surface area contributed by atoms with Crippen molar-refractivity contribution in [1.29, 1.82) is 0 Å². The third-order valence-electron chi connectivity index (χ3n) is 5.18. The molecular weight excluding hydrogens is 390 g/mol. The first-order valence-corrected chi connectivity index (χ1v) is 10.0. The van der Waals surface area contributed by atoms with E-state index in [1.165, 1.54) is 4.57 Å². The summed E-state index contributed by atoms with van der Waals surface area (Å²) < 4.78 is 12.9. The van der Waals surface area contributed by atoms with Crippen molar-refractivity contribution in [2.75, 3.05) is 18.9 Å². The van der Waals surface area contributed by atoms with E-state index in [-0.39, 0.29) is 25.0 Å². The number of H-pyrrole nitrogens is 1. The fourth-order valence-electron chi connectivity index (χ4n) is 3.47. The number of nitrogen functional groups attached to an aromatic ring is 1. The molecule has 0 aliphatic heterocycles. The number of fused-ring (bicyclic) bond motifs is 1. The van der Waals surface area contributed by atoms with Gasteiger partial charge in [0.05, 0.1) is 19.8 Å². The highest BCUT2D eigenvalue weighted by atomic mass is 16.5. The van der Waals surface area contributed by atoms with Crippen LogP contribution in [0.1, 0.15) is 33.1 Å². The number of nitrogens with one attached hydrogen (secondary N) is 1. The zero-order valence-corrected chi connectivity index (χ0v) is 17.1. The van der Waals surface area contributed by atoms with Gasteiger partial charge < -0.3 is 25.3 Å². The van der Waals surface area contributed by atoms with Gasteiger partial charge in [0.2, 0.25) is 0 Å². The summed E-state index contributed by atoms with van der Waals surface area (Å²) in [6, 6.07) is 0.110. The van der Waals surface area contributed by atoms with E-state index in [9.17, 15) is 14.7 Å². The molecule has 10 heteroatoms. The molecule has 0 spiro atoms. The van der Waals surface area contributed by atoms with Crippen LogP contribution in [0.4, 0.5) is 5.82 Å². The zero-order chi connectivity index (χ0) is 21.7. The number of rotatable bonds is 10. The predicted molar refractivity (Wildman–Crippen MR) is 111 cm³/mol. The van der Waals surface area contributed by atoms with Gasteiger partial charge in [0.25, 0.3) is 0 Å². The molecule has 162 valence electrons. The third-order valence-corrected chi connectivity index (χ3v) is 5.18. The monoisotopic (exact) mass is 417 g/mol. The van der Waals surface area contributed by atoms with Crippen LogP contribution in [0.2, 0.25) is 0 Å². The van der Waals surface area contributed by atoms with Crippen LogP contribution in [0.15, 0.2) is 29.1 Å². The summed E-state index contributed by atoms with van der Waals surface area (Å²) in [6.07, 6.45) is 9.11. The van der Waals surface area contributed by atoms with Gasteiger partial charge in [-0.1, -0.05) is 44.6 Å². The number of anilines is 1. The molecule has 2 atom stereocenters. The minimum absolute atomic E-state index is 0.110. The lowest BCUT2D eigenvalue weighted by Gasteiger charge is -2.35. The number of aliphatic carboxylic acids is 1. The number of hydrogen-bond donors (Lipinski definition) is 3. The first kappa shape index (κ1) is 21.6. The highest BCUT2D eigenvalue weighted by molar-refractivity contribution is 5.81. The van der Waals surface area contributed by atoms with Crippen molar-refractivity contribution in [3.63, 3.8) is 0 Å². The molecule has 0 saturated carbocycles. The number of carboxylic acids is 1. The molecule has 1 aliphatic carbocycles. The Bertz CT molecular complexity index is 1020. The minimum Gasteiger partial charge on any atom is -0.481 e. The third kappa shape index (κ3) is 4.23. The lowest BCUT2D eigenvalue weighted by Crippen LogP contribution is -2.43. The van der Waals surface area contributed by atoms with Crippen LogP contribution in [0.3, 0.4) is 0 Å². The molecule has 2 unspecified atom stereocenters. The van der Waals surface area contributed by atoms with E-state index in [1.54, 1.807) is 24.3 Å². The highest BCUT2D eigenvalue weighted by Gasteiger charge is 2.40. The summed E-state index contributed by atoms with van der Waals surface area (Å²) >= 11 is 0. The lowest BCUT2D eigenvalue weighted by atomic mass is 9.81. The minimum atomic E-state index is -0.973. The topological polar surface area (TPSA) is 145 Å². The quantitative estimate of drug-likeness (QED) is 0.497. The van der Waals surface area contributed by atoms with Crippen molar-refractivity contribution in [2.24, 2.45) is 5.92 Å². The SMILES string of the molecule is CCCCOc1nc(N)c2[nH]c(=O)n(CCOC3(CC)C=CC=CC3C(=O)O)c2n1. The van der Waals surface area contributed by atoms with Gasteiger partial charge in [-0.15, -0.1) is 0 Å². The summed E-state index contributed by atoms with van der Waals surface area (Å²) in [6.45, 7) is 4.63. The number of allylic oxidation sites excluding steroid dienone is 2. The highest BCUT2D eigenvalue weighted by Crippen LogP contribution is 2.32. The molecule has 2 aromatic rings. The van der Waals surface area contributed by atoms with Gasteiger partial charge in [0.1, 0.15) is 17.0 Å². The Kier molecular flexibility index (Phi) is 6.56. The normalized spacial score (nSPS) is 20.7. The molecule has 4 N–H and O–H groups in total. The van der Waals surface area contributed by atoms with Gasteiger partial charge in [0.15, 0.2) is 11.5 Å². The Morgan fingerprint density at radius 1 is 1.33 bits per heavy atom. The summed E-state index contributed by atoms with van der Waals surface area (Å²) in [7, 11) is 0. The molecule has 2 aromatic heterocycles. The summed E-state index contributed by atoms with van der Waals surface area (Å²) in [5, 5.41) is 9.55. The van der Waals surface area contributed by atoms with Crippen LogP contribution in [0.25, 0.3) is 11.2 Å². The first-order chi connectivity index (χ1) is 14.4. The molecule has 0 aromatic carbocycles. The maximum absolute atomic E-state index is 12.4. The molecule has 30 heavy (non-hydrogen) atoms. The van der Waals surface area contributed by atoms with Crippen molar-refractivity contribution in [2.45, 2.75) is 45.3 Å². The van der Waals surface area contributed by atoms with Gasteiger partial charge in [-0.05, 0) is 12.8 Å². The Hall–Kier alpha value is -3.14. The number of nitrogens with two attached hydrogens (primary N) is 1. The van der Waals surface area contributed by atoms with Crippen LogP contribution >= 0.6 is 0 Å². The van der Waals surface area contributed by atoms with Crippen molar-refractivity contribution in [3.8, 4) is 6.01 Å². The molecular formula is C20H27N5O5. The van der Waals surface area contributed by atoms with Gasteiger partial charge >= 0.3 is 17.7 Å². The zero-order valence-electron chi connectivity index (χ0n) is 17.1. The second-order valence-electron chi connectivity index (χ2n) is 7.09. The lowest BCUT2D eigenvalue weighted by molar-refractivity contribution is -0.150. The number of hydrogen-bond acceptors (Lipinski definition) is 7. The Labute approximate surface area is 173 Å². The average molecular weight is 417 g/mol. The molecule has 2 heterocycles. The van der Waals surface area contributed by atoms with Crippen LogP contribution < -0.4 is 16.2 Å². The van der Waals surface area contributed by atoms with Crippen LogP contribution in [-0.2, 0) is 16.1 Å². The van der Waals surface area contributed by atoms with E-state index in [1.807, 2.05) is 13.8 Å². The fraction of sp³-hybridized carbons (Fsp3) is 0.500. The number of nitrogens with zero attached hydrogens (tertiary/aromatic N) is 3. The number of ether oxygens (including phenoxy) is 2. The van der Waals surface area contributed by atoms with Crippen LogP contribution in [0.5, 0.6) is 6.01 Å². The number of aromatic amines is 1. The predicted octanol–water partition coefficient (Wildman–Crippen LogP) is 1.87. The van der Waals surface area contributed by atoms with Crippen LogP contribution in [-0.4, -0.2) is 49.4 Å². The van der Waals surface area contributed by atoms with Gasteiger partial charge in [-0.25, -0.2) is 4.79 Å². The summed E-state index contributed by atoms with van der Waals surface area (Å²) in [5.74, 6) is -1.64. The maximum atomic E-state index is 12.4. The molecule has 0 saturated heterocycles. The van der Waals surface area contributed by atoms with Gasteiger partial charge in [0, 0.05) is 0 Å². The smallest absolute Gasteiger partial charge is 0.327 e. The summed E-state index contributed by atoms with van der Waals surface area (Å²) in [4.78, 5) is 35.2. The average Bonchev–Trinajstić information content (AvgIpc) is 3.04. The number of aromatic nitrogens is 4. The van der Waals surface area contributed by atoms with E-state index in [2.05, 4.69) is 15.0 Å². The second-order valence-corrected chi connectivity index (χ2v) is 7.09. The molecule has 0 fully saturated rings. The van der Waals surface area contributed by atoms with Gasteiger partial charge in [-0.3, -0.25) is 9.36 Å². The number of carboxylic acid groups (broad SMARTS) is 1. The van der Waals surface area contributed by atoms with E-state index < -0.39 is 23.2 Å². The molecule has 0 amide bonds. The number of imidazole rings is 1. The van der Waals surface area contributed by atoms with Crippen molar-refractivity contribution in [3.05, 3.63) is 34.8 Å². The molecule has 0 radical (unpaired) electrons. The van der Waals surface area contributed by atoms with E-state index in [4.69, 9.17) is 15.2 Å². The van der Waals surface area contributed by atoms with Crippen molar-refractivity contribution < 1.29 is 19.4 Å². The largest absolute Gasteiger partial charge is 0.481 e. The Balaban J connectivity index is 1.81. The van der Waals surface area contributed by atoms with Crippen molar-refractivity contribution >= 4 is 23.0 Å². The van der Waals surface area contributed by atoms with Crippen molar-refractivity contribution in [1.82, 2.24) is 19.5 Å². The Morgan fingerprint density at radius 2 is 2.13 bits per heavy atom. The first-order valence-electron chi connectivity index (χ1n) is 10.0. The summed E-state index contributed by atoms with van der Waals surface area (Å²) in [5.41, 5.74) is 5.23. The fourth-order valence-corrected chi connectivity index (χ4v) is 3.47. The molecule has 0 bridgehead atoms. The van der Waals surface area contributed by atoms with Crippen LogP contribution in [0, 0.1) is 5.92 Å². The molecule has 10 nitrogen and oxygen atoms in total. The maximum Gasteiger partial charge on any atom is 0.327 e. The standard InChI is InChI=1S/C20H27N5O5/c1-3-5-11-29-18-23-15(21)14-16(24-18)25(19(28)22-14)10-12-30-20(4-2)9-7-6-8-13(20)17(26)27/h6-9,13H,3-5,10-12H2,1-2H3,(H,22,28)(H,26,27)(H2,21,23,24). The van der Waals surface area contributed by atoms with Gasteiger partial charge in [-0.2, -0.15) is 9.97 Å². The van der Waals surface area contributed by atoms with E-state index >= 15 is 0 Å².